The molecule has 0 aliphatic carbocycles. The molecule has 1 heterocycles. The summed E-state index contributed by atoms with van der Waals surface area (Å²) in [5.41, 5.74) is 2.17. The van der Waals surface area contributed by atoms with Crippen LogP contribution >= 0.6 is 0 Å². The summed E-state index contributed by atoms with van der Waals surface area (Å²) in [7, 11) is 0. The van der Waals surface area contributed by atoms with Crippen LogP contribution in [0.3, 0.4) is 0 Å². The van der Waals surface area contributed by atoms with Gasteiger partial charge < -0.3 is 5.11 Å². The van der Waals surface area contributed by atoms with Gasteiger partial charge in [-0.2, -0.15) is 0 Å². The van der Waals surface area contributed by atoms with E-state index in [0.717, 1.165) is 12.1 Å². The summed E-state index contributed by atoms with van der Waals surface area (Å²) in [5.74, 6) is 0.418. The first-order chi connectivity index (χ1) is 6.75. The van der Waals surface area contributed by atoms with Gasteiger partial charge in [0.2, 0.25) is 0 Å². The van der Waals surface area contributed by atoms with Crippen LogP contribution in [-0.4, -0.2) is 23.1 Å². The minimum atomic E-state index is 0.418. The molecule has 2 heteroatoms. The Bertz CT molecular complexity index is 316. The van der Waals surface area contributed by atoms with Gasteiger partial charge in [0, 0.05) is 6.54 Å². The molecule has 1 aliphatic rings. The van der Waals surface area contributed by atoms with Crippen molar-refractivity contribution in [3.63, 3.8) is 0 Å². The van der Waals surface area contributed by atoms with Gasteiger partial charge in [-0.25, -0.2) is 0 Å². The van der Waals surface area contributed by atoms with Crippen molar-refractivity contribution < 1.29 is 5.11 Å². The summed E-state index contributed by atoms with van der Waals surface area (Å²) in [6.07, 6.45) is 2.63. The molecular formula is C12H17NO. The topological polar surface area (TPSA) is 23.5 Å². The highest BCUT2D eigenvalue weighted by molar-refractivity contribution is 5.35. The zero-order chi connectivity index (χ0) is 9.97. The lowest BCUT2D eigenvalue weighted by Gasteiger charge is -2.14. The van der Waals surface area contributed by atoms with E-state index in [1.165, 1.54) is 31.5 Å². The number of aryl methyl sites for hydroxylation is 1. The first kappa shape index (κ1) is 9.53. The molecule has 1 N–H and O–H groups in total. The van der Waals surface area contributed by atoms with Crippen molar-refractivity contribution in [1.29, 1.82) is 0 Å². The largest absolute Gasteiger partial charge is 0.508 e. The molecule has 0 bridgehead atoms. The Hall–Kier alpha value is -1.02. The molecule has 2 nitrogen and oxygen atoms in total. The standard InChI is InChI=1S/C12H17NO/c1-10-4-5-11(8-12(10)14)9-13-6-2-3-7-13/h4-5,8,14H,2-3,6-7,9H2,1H3. The molecular weight excluding hydrogens is 174 g/mol. The zero-order valence-corrected chi connectivity index (χ0v) is 8.66. The fourth-order valence-electron chi connectivity index (χ4n) is 1.95. The molecule has 0 amide bonds. The average molecular weight is 191 g/mol. The number of benzene rings is 1. The van der Waals surface area contributed by atoms with E-state index < -0.39 is 0 Å². The molecule has 0 atom stereocenters. The molecule has 14 heavy (non-hydrogen) atoms. The second-order valence-corrected chi connectivity index (χ2v) is 4.10. The number of hydrogen-bond acceptors (Lipinski definition) is 2. The Balaban J connectivity index is 2.05. The molecule has 1 aromatic rings. The predicted octanol–water partition coefficient (Wildman–Crippen LogP) is 2.30. The zero-order valence-electron chi connectivity index (χ0n) is 8.66. The lowest BCUT2D eigenvalue weighted by atomic mass is 10.1. The first-order valence-corrected chi connectivity index (χ1v) is 5.26. The maximum atomic E-state index is 9.56. The van der Waals surface area contributed by atoms with E-state index in [-0.39, 0.29) is 0 Å². The smallest absolute Gasteiger partial charge is 0.118 e. The Kier molecular flexibility index (Phi) is 2.73. The average Bonchev–Trinajstić information content (AvgIpc) is 2.64. The van der Waals surface area contributed by atoms with Gasteiger partial charge in [0.1, 0.15) is 5.75 Å². The van der Waals surface area contributed by atoms with Gasteiger partial charge in [-0.05, 0) is 50.0 Å². The summed E-state index contributed by atoms with van der Waals surface area (Å²) in [4.78, 5) is 2.43. The lowest BCUT2D eigenvalue weighted by Crippen LogP contribution is -2.18. The maximum absolute atomic E-state index is 9.56. The first-order valence-electron chi connectivity index (χ1n) is 5.26. The molecule has 1 aliphatic heterocycles. The Morgan fingerprint density at radius 2 is 2.00 bits per heavy atom. The Morgan fingerprint density at radius 3 is 2.64 bits per heavy atom. The third kappa shape index (κ3) is 2.07. The molecule has 1 saturated heterocycles. The van der Waals surface area contributed by atoms with Crippen molar-refractivity contribution in [2.75, 3.05) is 13.1 Å². The number of phenolic OH excluding ortho intramolecular Hbond substituents is 1. The summed E-state index contributed by atoms with van der Waals surface area (Å²) >= 11 is 0. The van der Waals surface area contributed by atoms with E-state index in [0.29, 0.717) is 5.75 Å². The molecule has 0 radical (unpaired) electrons. The van der Waals surface area contributed by atoms with E-state index in [2.05, 4.69) is 11.0 Å². The number of hydrogen-bond donors (Lipinski definition) is 1. The molecule has 0 spiro atoms. The van der Waals surface area contributed by atoms with Crippen molar-refractivity contribution in [3.05, 3.63) is 29.3 Å². The number of rotatable bonds is 2. The lowest BCUT2D eigenvalue weighted by molar-refractivity contribution is 0.330. The fourth-order valence-corrected chi connectivity index (χ4v) is 1.95. The molecule has 76 valence electrons. The SMILES string of the molecule is Cc1ccc(CN2CCCC2)cc1O. The van der Waals surface area contributed by atoms with Crippen molar-refractivity contribution in [3.8, 4) is 5.75 Å². The van der Waals surface area contributed by atoms with E-state index in [1.54, 1.807) is 0 Å². The summed E-state index contributed by atoms with van der Waals surface area (Å²) in [6.45, 7) is 5.31. The molecule has 2 rings (SSSR count). The van der Waals surface area contributed by atoms with Gasteiger partial charge >= 0.3 is 0 Å². The van der Waals surface area contributed by atoms with Crippen LogP contribution in [0.25, 0.3) is 0 Å². The second kappa shape index (κ2) is 4.01. The number of likely N-dealkylation sites (tertiary alicyclic amines) is 1. The van der Waals surface area contributed by atoms with Gasteiger partial charge in [0.05, 0.1) is 0 Å². The van der Waals surface area contributed by atoms with Crippen LogP contribution in [0.4, 0.5) is 0 Å². The molecule has 1 aromatic carbocycles. The summed E-state index contributed by atoms with van der Waals surface area (Å²) < 4.78 is 0. The Labute approximate surface area is 85.2 Å². The molecule has 0 saturated carbocycles. The van der Waals surface area contributed by atoms with Gasteiger partial charge in [0.25, 0.3) is 0 Å². The summed E-state index contributed by atoms with van der Waals surface area (Å²) in [5, 5.41) is 9.56. The van der Waals surface area contributed by atoms with E-state index in [9.17, 15) is 5.11 Å². The highest BCUT2D eigenvalue weighted by Crippen LogP contribution is 2.19. The minimum absolute atomic E-state index is 0.418. The number of nitrogens with zero attached hydrogens (tertiary/aromatic N) is 1. The van der Waals surface area contributed by atoms with Crippen LogP contribution in [0.5, 0.6) is 5.75 Å². The van der Waals surface area contributed by atoms with Crippen molar-refractivity contribution in [2.24, 2.45) is 0 Å². The molecule has 0 unspecified atom stereocenters. The van der Waals surface area contributed by atoms with E-state index in [4.69, 9.17) is 0 Å². The van der Waals surface area contributed by atoms with Gasteiger partial charge in [-0.1, -0.05) is 12.1 Å². The fraction of sp³-hybridized carbons (Fsp3) is 0.500. The van der Waals surface area contributed by atoms with Gasteiger partial charge in [-0.15, -0.1) is 0 Å². The van der Waals surface area contributed by atoms with Crippen LogP contribution in [0.15, 0.2) is 18.2 Å². The van der Waals surface area contributed by atoms with Crippen molar-refractivity contribution in [1.82, 2.24) is 4.90 Å². The van der Waals surface area contributed by atoms with E-state index in [1.807, 2.05) is 19.1 Å². The third-order valence-electron chi connectivity index (χ3n) is 2.88. The normalized spacial score (nSPS) is 17.5. The molecule has 1 fully saturated rings. The van der Waals surface area contributed by atoms with Crippen LogP contribution in [-0.2, 0) is 6.54 Å². The van der Waals surface area contributed by atoms with Gasteiger partial charge in [-0.3, -0.25) is 4.90 Å². The van der Waals surface area contributed by atoms with Gasteiger partial charge in [0.15, 0.2) is 0 Å². The van der Waals surface area contributed by atoms with Crippen LogP contribution < -0.4 is 0 Å². The summed E-state index contributed by atoms with van der Waals surface area (Å²) in [6, 6.07) is 5.97. The van der Waals surface area contributed by atoms with Crippen molar-refractivity contribution in [2.45, 2.75) is 26.3 Å². The second-order valence-electron chi connectivity index (χ2n) is 4.10. The van der Waals surface area contributed by atoms with Crippen LogP contribution in [0, 0.1) is 6.92 Å². The van der Waals surface area contributed by atoms with Crippen molar-refractivity contribution >= 4 is 0 Å². The predicted molar refractivity (Wildman–Crippen MR) is 57.4 cm³/mol. The minimum Gasteiger partial charge on any atom is -0.508 e. The third-order valence-corrected chi connectivity index (χ3v) is 2.88. The van der Waals surface area contributed by atoms with Crippen LogP contribution in [0.1, 0.15) is 24.0 Å². The number of aromatic hydroxyl groups is 1. The number of phenols is 1. The maximum Gasteiger partial charge on any atom is 0.118 e. The highest BCUT2D eigenvalue weighted by Gasteiger charge is 2.11. The van der Waals surface area contributed by atoms with E-state index >= 15 is 0 Å². The monoisotopic (exact) mass is 191 g/mol. The van der Waals surface area contributed by atoms with Crippen LogP contribution in [0.2, 0.25) is 0 Å². The highest BCUT2D eigenvalue weighted by atomic mass is 16.3. The molecule has 0 aromatic heterocycles. The quantitative estimate of drug-likeness (QED) is 0.775. The Morgan fingerprint density at radius 1 is 1.29 bits per heavy atom.